The summed E-state index contributed by atoms with van der Waals surface area (Å²) in [5.74, 6) is -1.31. The normalized spacial score (nSPS) is 12.0. The Morgan fingerprint density at radius 3 is 2.46 bits per heavy atom. The molecule has 0 saturated carbocycles. The van der Waals surface area contributed by atoms with E-state index in [2.05, 4.69) is 15.6 Å². The zero-order chi connectivity index (χ0) is 20.7. The Hall–Kier alpha value is -3.14. The van der Waals surface area contributed by atoms with Gasteiger partial charge in [0.05, 0.1) is 5.69 Å². The van der Waals surface area contributed by atoms with Crippen LogP contribution in [0.3, 0.4) is 0 Å². The van der Waals surface area contributed by atoms with Gasteiger partial charge in [-0.15, -0.1) is 11.3 Å². The Morgan fingerprint density at radius 1 is 1.18 bits per heavy atom. The minimum atomic E-state index is -1.42. The number of carboxylic acid groups (broad SMARTS) is 1. The lowest BCUT2D eigenvalue weighted by molar-refractivity contribution is -0.139. The number of ether oxygens (including phenoxy) is 2. The molecule has 9 nitrogen and oxygen atoms in total. The molecule has 0 fully saturated rings. The van der Waals surface area contributed by atoms with E-state index in [4.69, 9.17) is 9.47 Å². The SMILES string of the molecule is CC(C)(C)OC(=O)Nc1nc(C(NC(=O)OCc2ccccc2)C(=O)O)cs1. The van der Waals surface area contributed by atoms with E-state index in [1.54, 1.807) is 45.0 Å². The van der Waals surface area contributed by atoms with Gasteiger partial charge < -0.3 is 19.9 Å². The van der Waals surface area contributed by atoms with Crippen molar-refractivity contribution >= 4 is 34.6 Å². The number of thiazole rings is 1. The maximum absolute atomic E-state index is 11.9. The molecule has 0 saturated heterocycles. The standard InChI is InChI=1S/C18H21N3O6S/c1-18(2,3)27-17(25)21-15-19-12(10-28-15)13(14(22)23)20-16(24)26-9-11-7-5-4-6-8-11/h4-8,10,13H,9H2,1-3H3,(H,20,24)(H,22,23)(H,19,21,25). The minimum absolute atomic E-state index is 0.00152. The molecule has 0 radical (unpaired) electrons. The van der Waals surface area contributed by atoms with Gasteiger partial charge in [-0.25, -0.2) is 19.4 Å². The van der Waals surface area contributed by atoms with Crippen LogP contribution < -0.4 is 10.6 Å². The van der Waals surface area contributed by atoms with Crippen molar-refractivity contribution < 1.29 is 29.0 Å². The molecule has 3 N–H and O–H groups in total. The number of rotatable bonds is 6. The average molecular weight is 407 g/mol. The molecule has 10 heteroatoms. The number of carbonyl (C=O) groups excluding carboxylic acids is 2. The maximum Gasteiger partial charge on any atom is 0.413 e. The largest absolute Gasteiger partial charge is 0.479 e. The van der Waals surface area contributed by atoms with Gasteiger partial charge in [0.15, 0.2) is 11.2 Å². The first-order valence-electron chi connectivity index (χ1n) is 8.29. The first-order chi connectivity index (χ1) is 13.1. The Balaban J connectivity index is 1.96. The lowest BCUT2D eigenvalue weighted by atomic mass is 10.2. The van der Waals surface area contributed by atoms with E-state index >= 15 is 0 Å². The smallest absolute Gasteiger partial charge is 0.413 e. The molecule has 2 rings (SSSR count). The molecule has 0 bridgehead atoms. The molecule has 2 amide bonds. The number of aliphatic carboxylic acids is 1. The molecule has 2 aromatic rings. The van der Waals surface area contributed by atoms with Gasteiger partial charge in [-0.2, -0.15) is 0 Å². The van der Waals surface area contributed by atoms with E-state index in [-0.39, 0.29) is 17.4 Å². The van der Waals surface area contributed by atoms with E-state index in [9.17, 15) is 19.5 Å². The van der Waals surface area contributed by atoms with E-state index < -0.39 is 29.8 Å². The Labute approximate surface area is 165 Å². The summed E-state index contributed by atoms with van der Waals surface area (Å²) in [6.45, 7) is 5.14. The van der Waals surface area contributed by atoms with Gasteiger partial charge in [0.2, 0.25) is 0 Å². The third-order valence-electron chi connectivity index (χ3n) is 3.15. The number of amides is 2. The minimum Gasteiger partial charge on any atom is -0.479 e. The van der Waals surface area contributed by atoms with Crippen LogP contribution in [0.2, 0.25) is 0 Å². The zero-order valence-electron chi connectivity index (χ0n) is 15.6. The summed E-state index contributed by atoms with van der Waals surface area (Å²) in [7, 11) is 0. The number of nitrogens with zero attached hydrogens (tertiary/aromatic N) is 1. The van der Waals surface area contributed by atoms with Gasteiger partial charge in [0.1, 0.15) is 12.2 Å². The maximum atomic E-state index is 11.9. The molecule has 0 spiro atoms. The highest BCUT2D eigenvalue weighted by Crippen LogP contribution is 2.22. The third kappa shape index (κ3) is 6.88. The second kappa shape index (κ2) is 9.18. The second-order valence-corrected chi connectivity index (χ2v) is 7.54. The number of hydrogen-bond acceptors (Lipinski definition) is 7. The van der Waals surface area contributed by atoms with E-state index in [1.807, 2.05) is 6.07 Å². The number of carbonyl (C=O) groups is 3. The molecule has 0 aliphatic heterocycles. The number of hydrogen-bond donors (Lipinski definition) is 3. The first-order valence-corrected chi connectivity index (χ1v) is 9.17. The van der Waals surface area contributed by atoms with Crippen molar-refractivity contribution in [3.05, 3.63) is 47.0 Å². The lowest BCUT2D eigenvalue weighted by Crippen LogP contribution is -2.34. The van der Waals surface area contributed by atoms with E-state index in [1.165, 1.54) is 5.38 Å². The van der Waals surface area contributed by atoms with Crippen LogP contribution in [-0.4, -0.2) is 33.8 Å². The molecule has 0 aliphatic carbocycles. The molecule has 1 heterocycles. The van der Waals surface area contributed by atoms with Crippen LogP contribution in [0.25, 0.3) is 0 Å². The van der Waals surface area contributed by atoms with Crippen molar-refractivity contribution in [3.8, 4) is 0 Å². The van der Waals surface area contributed by atoms with Gasteiger partial charge in [0.25, 0.3) is 0 Å². The molecule has 28 heavy (non-hydrogen) atoms. The number of carboxylic acids is 1. The topological polar surface area (TPSA) is 127 Å². The molecule has 1 atom stereocenters. The summed E-state index contributed by atoms with van der Waals surface area (Å²) in [5, 5.41) is 15.6. The number of nitrogens with one attached hydrogen (secondary N) is 2. The Kier molecular flexibility index (Phi) is 6.94. The van der Waals surface area contributed by atoms with Crippen LogP contribution in [0, 0.1) is 0 Å². The summed E-state index contributed by atoms with van der Waals surface area (Å²) >= 11 is 1.01. The van der Waals surface area contributed by atoms with Gasteiger partial charge in [-0.05, 0) is 26.3 Å². The van der Waals surface area contributed by atoms with Crippen LogP contribution in [0.15, 0.2) is 35.7 Å². The lowest BCUT2D eigenvalue weighted by Gasteiger charge is -2.18. The van der Waals surface area contributed by atoms with Crippen LogP contribution >= 0.6 is 11.3 Å². The summed E-state index contributed by atoms with van der Waals surface area (Å²) in [5.41, 5.74) is 0.139. The summed E-state index contributed by atoms with van der Waals surface area (Å²) in [4.78, 5) is 39.2. The molecule has 1 aromatic heterocycles. The fourth-order valence-electron chi connectivity index (χ4n) is 2.01. The fourth-order valence-corrected chi connectivity index (χ4v) is 2.73. The number of alkyl carbamates (subject to hydrolysis) is 1. The number of aromatic nitrogens is 1. The van der Waals surface area contributed by atoms with E-state index in [0.29, 0.717) is 0 Å². The van der Waals surface area contributed by atoms with Gasteiger partial charge >= 0.3 is 18.2 Å². The van der Waals surface area contributed by atoms with E-state index in [0.717, 1.165) is 16.9 Å². The van der Waals surface area contributed by atoms with Crippen LogP contribution in [-0.2, 0) is 20.9 Å². The monoisotopic (exact) mass is 407 g/mol. The first kappa shape index (κ1) is 21.2. The molecular weight excluding hydrogens is 386 g/mol. The molecule has 1 unspecified atom stereocenters. The summed E-state index contributed by atoms with van der Waals surface area (Å²) in [6.07, 6.45) is -1.61. The highest BCUT2D eigenvalue weighted by Gasteiger charge is 2.26. The van der Waals surface area contributed by atoms with Gasteiger partial charge in [0, 0.05) is 5.38 Å². The van der Waals surface area contributed by atoms with Crippen LogP contribution in [0.4, 0.5) is 14.7 Å². The molecule has 1 aromatic carbocycles. The highest BCUT2D eigenvalue weighted by atomic mass is 32.1. The Morgan fingerprint density at radius 2 is 1.86 bits per heavy atom. The van der Waals surface area contributed by atoms with Crippen molar-refractivity contribution in [3.63, 3.8) is 0 Å². The predicted molar refractivity (Wildman–Crippen MR) is 102 cm³/mol. The average Bonchev–Trinajstić information content (AvgIpc) is 3.04. The fraction of sp³-hybridized carbons (Fsp3) is 0.333. The zero-order valence-corrected chi connectivity index (χ0v) is 16.4. The van der Waals surface area contributed by atoms with Crippen molar-refractivity contribution in [2.75, 3.05) is 5.32 Å². The van der Waals surface area contributed by atoms with Crippen LogP contribution in [0.5, 0.6) is 0 Å². The molecular formula is C18H21N3O6S. The van der Waals surface area contributed by atoms with Crippen LogP contribution in [0.1, 0.15) is 38.1 Å². The quantitative estimate of drug-likeness (QED) is 0.668. The molecule has 150 valence electrons. The third-order valence-corrected chi connectivity index (χ3v) is 3.92. The predicted octanol–water partition coefficient (Wildman–Crippen LogP) is 3.54. The number of benzene rings is 1. The van der Waals surface area contributed by atoms with Crippen molar-refractivity contribution in [2.24, 2.45) is 0 Å². The number of anilines is 1. The van der Waals surface area contributed by atoms with Crippen molar-refractivity contribution in [1.82, 2.24) is 10.3 Å². The van der Waals surface area contributed by atoms with Crippen molar-refractivity contribution in [2.45, 2.75) is 39.0 Å². The van der Waals surface area contributed by atoms with Crippen molar-refractivity contribution in [1.29, 1.82) is 0 Å². The molecule has 0 aliphatic rings. The summed E-state index contributed by atoms with van der Waals surface area (Å²) in [6, 6.07) is 7.55. The van der Waals surface area contributed by atoms with Gasteiger partial charge in [-0.3, -0.25) is 5.32 Å². The Bertz CT molecular complexity index is 831. The highest BCUT2D eigenvalue weighted by molar-refractivity contribution is 7.13. The second-order valence-electron chi connectivity index (χ2n) is 6.68. The summed E-state index contributed by atoms with van der Waals surface area (Å²) < 4.78 is 10.1. The van der Waals surface area contributed by atoms with Gasteiger partial charge in [-0.1, -0.05) is 30.3 Å².